The van der Waals surface area contributed by atoms with Crippen LogP contribution in [0.15, 0.2) is 78.0 Å². The third-order valence-electron chi connectivity index (χ3n) is 4.59. The van der Waals surface area contributed by atoms with Crippen LogP contribution in [-0.4, -0.2) is 26.0 Å². The minimum Gasteiger partial charge on any atom is -0.324 e. The zero-order valence-corrected chi connectivity index (χ0v) is 16.7. The molecule has 3 aromatic carbocycles. The lowest BCUT2D eigenvalue weighted by Crippen LogP contribution is -2.14. The van der Waals surface area contributed by atoms with Crippen molar-refractivity contribution in [3.63, 3.8) is 0 Å². The van der Waals surface area contributed by atoms with Crippen LogP contribution in [-0.2, 0) is 4.79 Å². The van der Waals surface area contributed by atoms with Crippen LogP contribution in [0.5, 0.6) is 0 Å². The van der Waals surface area contributed by atoms with Crippen molar-refractivity contribution >= 4 is 62.5 Å². The van der Waals surface area contributed by atoms with Crippen molar-refractivity contribution in [2.45, 2.75) is 5.16 Å². The van der Waals surface area contributed by atoms with E-state index in [1.165, 1.54) is 11.8 Å². The molecular formula is C22H15ClN4OS. The number of nitrogens with zero attached hydrogens (tertiary/aromatic N) is 3. The lowest BCUT2D eigenvalue weighted by molar-refractivity contribution is -0.113. The first-order chi connectivity index (χ1) is 14.2. The molecule has 142 valence electrons. The van der Waals surface area contributed by atoms with Gasteiger partial charge in [-0.2, -0.15) is 0 Å². The Bertz CT molecular complexity index is 1380. The maximum Gasteiger partial charge on any atom is 0.234 e. The van der Waals surface area contributed by atoms with Crippen LogP contribution in [0, 0.1) is 0 Å². The van der Waals surface area contributed by atoms with Gasteiger partial charge in [0.2, 0.25) is 5.91 Å². The van der Waals surface area contributed by atoms with Gasteiger partial charge in [0.1, 0.15) is 5.65 Å². The first-order valence-corrected chi connectivity index (χ1v) is 10.4. The Morgan fingerprint density at radius 1 is 0.931 bits per heavy atom. The molecule has 0 spiro atoms. The summed E-state index contributed by atoms with van der Waals surface area (Å²) in [5, 5.41) is 5.07. The van der Waals surface area contributed by atoms with Gasteiger partial charge in [0.15, 0.2) is 5.16 Å². The smallest absolute Gasteiger partial charge is 0.234 e. The van der Waals surface area contributed by atoms with Crippen molar-refractivity contribution in [1.82, 2.24) is 14.4 Å². The molecule has 0 radical (unpaired) electrons. The van der Waals surface area contributed by atoms with Crippen molar-refractivity contribution in [3.05, 3.63) is 77.8 Å². The highest BCUT2D eigenvalue weighted by Crippen LogP contribution is 2.29. The van der Waals surface area contributed by atoms with Gasteiger partial charge in [-0.15, -0.1) is 0 Å². The molecule has 0 bridgehead atoms. The highest BCUT2D eigenvalue weighted by Gasteiger charge is 2.15. The van der Waals surface area contributed by atoms with Gasteiger partial charge < -0.3 is 5.32 Å². The van der Waals surface area contributed by atoms with Gasteiger partial charge in [-0.1, -0.05) is 59.8 Å². The molecule has 5 rings (SSSR count). The summed E-state index contributed by atoms with van der Waals surface area (Å²) in [6.45, 7) is 0. The summed E-state index contributed by atoms with van der Waals surface area (Å²) >= 11 is 7.51. The summed E-state index contributed by atoms with van der Waals surface area (Å²) in [5.74, 6) is 0.0636. The number of aromatic nitrogens is 3. The molecule has 1 N–H and O–H groups in total. The van der Waals surface area contributed by atoms with Crippen LogP contribution in [0.2, 0.25) is 5.02 Å². The largest absolute Gasteiger partial charge is 0.324 e. The number of anilines is 1. The van der Waals surface area contributed by atoms with Crippen LogP contribution >= 0.6 is 23.4 Å². The number of para-hydroxylation sites is 4. The standard InChI is InChI=1S/C22H15ClN4OS/c23-15-8-2-4-10-17(15)24-20(28)13-29-22-26-16-9-3-1-7-14(16)21-25-18-11-5-6-12-19(18)27(21)22/h1-12H,13H2,(H,24,28). The molecule has 0 aliphatic carbocycles. The summed E-state index contributed by atoms with van der Waals surface area (Å²) in [7, 11) is 0. The van der Waals surface area contributed by atoms with E-state index in [0.29, 0.717) is 10.7 Å². The van der Waals surface area contributed by atoms with E-state index < -0.39 is 0 Å². The molecule has 0 fully saturated rings. The Balaban J connectivity index is 1.53. The van der Waals surface area contributed by atoms with Gasteiger partial charge in [0.25, 0.3) is 0 Å². The number of thioether (sulfide) groups is 1. The number of hydrogen-bond donors (Lipinski definition) is 1. The first kappa shape index (κ1) is 18.0. The molecule has 1 amide bonds. The van der Waals surface area contributed by atoms with Gasteiger partial charge in [-0.3, -0.25) is 9.20 Å². The van der Waals surface area contributed by atoms with E-state index in [4.69, 9.17) is 21.6 Å². The van der Waals surface area contributed by atoms with E-state index in [9.17, 15) is 4.79 Å². The monoisotopic (exact) mass is 418 g/mol. The maximum absolute atomic E-state index is 12.5. The Morgan fingerprint density at radius 2 is 1.66 bits per heavy atom. The summed E-state index contributed by atoms with van der Waals surface area (Å²) in [6, 6.07) is 23.0. The quantitative estimate of drug-likeness (QED) is 0.312. The molecule has 0 aliphatic rings. The highest BCUT2D eigenvalue weighted by molar-refractivity contribution is 7.99. The minimum atomic E-state index is -0.143. The number of fused-ring (bicyclic) bond motifs is 5. The average molecular weight is 419 g/mol. The number of benzene rings is 3. The molecule has 5 aromatic rings. The fourth-order valence-electron chi connectivity index (χ4n) is 3.29. The minimum absolute atomic E-state index is 0.143. The molecule has 0 saturated carbocycles. The Morgan fingerprint density at radius 3 is 2.52 bits per heavy atom. The molecular weight excluding hydrogens is 404 g/mol. The molecule has 0 atom stereocenters. The van der Waals surface area contributed by atoms with Gasteiger partial charge in [0, 0.05) is 5.39 Å². The van der Waals surface area contributed by atoms with Gasteiger partial charge in [-0.05, 0) is 36.4 Å². The van der Waals surface area contributed by atoms with E-state index >= 15 is 0 Å². The van der Waals surface area contributed by atoms with E-state index in [1.807, 2.05) is 65.1 Å². The number of rotatable bonds is 4. The number of hydrogen-bond acceptors (Lipinski definition) is 4. The number of nitrogens with one attached hydrogen (secondary N) is 1. The number of amides is 1. The topological polar surface area (TPSA) is 59.3 Å². The number of carbonyl (C=O) groups is 1. The lowest BCUT2D eigenvalue weighted by Gasteiger charge is -2.09. The number of imidazole rings is 1. The molecule has 7 heteroatoms. The maximum atomic E-state index is 12.5. The zero-order valence-electron chi connectivity index (χ0n) is 15.2. The van der Waals surface area contributed by atoms with E-state index in [0.717, 1.165) is 32.7 Å². The van der Waals surface area contributed by atoms with Gasteiger partial charge in [0.05, 0.1) is 33.0 Å². The van der Waals surface area contributed by atoms with Crippen LogP contribution in [0.25, 0.3) is 27.6 Å². The second kappa shape index (κ2) is 7.39. The SMILES string of the molecule is O=C(CSc1nc2ccccc2c2nc3ccccc3n12)Nc1ccccc1Cl. The Labute approximate surface area is 175 Å². The highest BCUT2D eigenvalue weighted by atomic mass is 35.5. The average Bonchev–Trinajstić information content (AvgIpc) is 3.14. The molecule has 0 saturated heterocycles. The zero-order chi connectivity index (χ0) is 19.8. The summed E-state index contributed by atoms with van der Waals surface area (Å²) in [5.41, 5.74) is 4.15. The Kier molecular flexibility index (Phi) is 4.58. The molecule has 29 heavy (non-hydrogen) atoms. The second-order valence-corrected chi connectivity index (χ2v) is 7.84. The predicted molar refractivity (Wildman–Crippen MR) is 119 cm³/mol. The van der Waals surface area contributed by atoms with Crippen molar-refractivity contribution in [3.8, 4) is 0 Å². The van der Waals surface area contributed by atoms with Crippen LogP contribution in [0.1, 0.15) is 0 Å². The molecule has 0 unspecified atom stereocenters. The normalized spacial score (nSPS) is 11.3. The van der Waals surface area contributed by atoms with Crippen molar-refractivity contribution in [2.75, 3.05) is 11.1 Å². The molecule has 2 aromatic heterocycles. The first-order valence-electron chi connectivity index (χ1n) is 9.04. The fraction of sp³-hybridized carbons (Fsp3) is 0.0455. The van der Waals surface area contributed by atoms with Crippen molar-refractivity contribution in [2.24, 2.45) is 0 Å². The number of halogens is 1. The van der Waals surface area contributed by atoms with E-state index in [2.05, 4.69) is 5.32 Å². The third kappa shape index (κ3) is 3.30. The second-order valence-electron chi connectivity index (χ2n) is 6.49. The third-order valence-corrected chi connectivity index (χ3v) is 5.86. The summed E-state index contributed by atoms with van der Waals surface area (Å²) in [6.07, 6.45) is 0. The summed E-state index contributed by atoms with van der Waals surface area (Å²) in [4.78, 5) is 22.1. The van der Waals surface area contributed by atoms with E-state index in [1.54, 1.807) is 12.1 Å². The summed E-state index contributed by atoms with van der Waals surface area (Å²) < 4.78 is 2.02. The fourth-order valence-corrected chi connectivity index (χ4v) is 4.28. The predicted octanol–water partition coefficient (Wildman–Crippen LogP) is 5.42. The van der Waals surface area contributed by atoms with Gasteiger partial charge >= 0.3 is 0 Å². The molecule has 2 heterocycles. The molecule has 0 aliphatic heterocycles. The van der Waals surface area contributed by atoms with Crippen molar-refractivity contribution in [1.29, 1.82) is 0 Å². The van der Waals surface area contributed by atoms with Crippen LogP contribution < -0.4 is 5.32 Å². The van der Waals surface area contributed by atoms with E-state index in [-0.39, 0.29) is 11.7 Å². The van der Waals surface area contributed by atoms with Crippen molar-refractivity contribution < 1.29 is 4.79 Å². The molecule has 5 nitrogen and oxygen atoms in total. The van der Waals surface area contributed by atoms with Crippen LogP contribution in [0.4, 0.5) is 5.69 Å². The van der Waals surface area contributed by atoms with Crippen LogP contribution in [0.3, 0.4) is 0 Å². The lowest BCUT2D eigenvalue weighted by atomic mass is 10.2. The number of carbonyl (C=O) groups excluding carboxylic acids is 1. The Hall–Kier alpha value is -3.09. The van der Waals surface area contributed by atoms with Gasteiger partial charge in [-0.25, -0.2) is 9.97 Å².